The molecule has 1 unspecified atom stereocenters. The van der Waals surface area contributed by atoms with Crippen molar-refractivity contribution in [1.82, 2.24) is 29.9 Å². The first-order chi connectivity index (χ1) is 15.6. The number of rotatable bonds is 5. The number of nitrogens with zero attached hydrogens (tertiary/aromatic N) is 5. The highest BCUT2D eigenvalue weighted by molar-refractivity contribution is 6.00. The minimum Gasteiger partial charge on any atom is -0.337 e. The van der Waals surface area contributed by atoms with Crippen molar-refractivity contribution in [3.05, 3.63) is 54.2 Å². The molecule has 1 aliphatic heterocycles. The molecule has 0 bridgehead atoms. The second-order valence-electron chi connectivity index (χ2n) is 9.92. The summed E-state index contributed by atoms with van der Waals surface area (Å²) in [5, 5.41) is 16.1. The van der Waals surface area contributed by atoms with Gasteiger partial charge in [0.05, 0.1) is 17.5 Å². The van der Waals surface area contributed by atoms with Gasteiger partial charge in [0, 0.05) is 31.1 Å². The van der Waals surface area contributed by atoms with Crippen LogP contribution in [0.3, 0.4) is 0 Å². The summed E-state index contributed by atoms with van der Waals surface area (Å²) in [7, 11) is 0. The van der Waals surface area contributed by atoms with Gasteiger partial charge in [0.25, 0.3) is 5.91 Å². The van der Waals surface area contributed by atoms with Crippen LogP contribution in [0, 0.1) is 11.3 Å². The molecule has 1 atom stereocenters. The number of aromatic nitrogens is 5. The van der Waals surface area contributed by atoms with Gasteiger partial charge >= 0.3 is 0 Å². The fourth-order valence-electron chi connectivity index (χ4n) is 5.75. The van der Waals surface area contributed by atoms with Gasteiger partial charge in [0.2, 0.25) is 0 Å². The minimum absolute atomic E-state index is 0.0555. The van der Waals surface area contributed by atoms with Gasteiger partial charge in [-0.2, -0.15) is 5.10 Å². The van der Waals surface area contributed by atoms with Gasteiger partial charge < -0.3 is 9.47 Å². The maximum absolute atomic E-state index is 13.7. The zero-order chi connectivity index (χ0) is 22.1. The molecule has 1 saturated heterocycles. The van der Waals surface area contributed by atoms with Gasteiger partial charge in [0.1, 0.15) is 12.2 Å². The smallest absolute Gasteiger partial charge is 0.257 e. The lowest BCUT2D eigenvalue weighted by Crippen LogP contribution is -2.34. The molecule has 2 aromatic heterocycles. The van der Waals surface area contributed by atoms with Crippen molar-refractivity contribution < 1.29 is 4.79 Å². The fraction of sp³-hybridized carbons (Fsp3) is 0.520. The van der Waals surface area contributed by atoms with Crippen molar-refractivity contribution in [2.45, 2.75) is 58.4 Å². The molecule has 2 aliphatic rings. The molecule has 1 saturated carbocycles. The summed E-state index contributed by atoms with van der Waals surface area (Å²) in [5.74, 6) is 1.84. The molecule has 7 nitrogen and oxygen atoms in total. The molecule has 1 aliphatic carbocycles. The molecule has 1 amide bonds. The highest BCUT2D eigenvalue weighted by Gasteiger charge is 2.51. The van der Waals surface area contributed by atoms with Crippen LogP contribution in [0.2, 0.25) is 0 Å². The van der Waals surface area contributed by atoms with Gasteiger partial charge in [-0.05, 0) is 24.2 Å². The summed E-state index contributed by atoms with van der Waals surface area (Å²) >= 11 is 0. The van der Waals surface area contributed by atoms with Crippen molar-refractivity contribution in [3.63, 3.8) is 0 Å². The zero-order valence-electron chi connectivity index (χ0n) is 19.0. The molecule has 1 N–H and O–H groups in total. The third-order valence-corrected chi connectivity index (χ3v) is 7.24. The molecule has 0 radical (unpaired) electrons. The second kappa shape index (κ2) is 8.52. The van der Waals surface area contributed by atoms with Crippen LogP contribution in [0.15, 0.2) is 42.9 Å². The van der Waals surface area contributed by atoms with Crippen molar-refractivity contribution in [2.24, 2.45) is 11.3 Å². The lowest BCUT2D eigenvalue weighted by atomic mass is 9.67. The Balaban J connectivity index is 1.47. The Hall–Kier alpha value is -2.96. The molecule has 3 aromatic rings. The molecule has 32 heavy (non-hydrogen) atoms. The van der Waals surface area contributed by atoms with E-state index in [-0.39, 0.29) is 17.2 Å². The summed E-state index contributed by atoms with van der Waals surface area (Å²) in [5.41, 5.74) is 2.51. The fourth-order valence-corrected chi connectivity index (χ4v) is 5.75. The van der Waals surface area contributed by atoms with E-state index in [0.717, 1.165) is 43.0 Å². The first-order valence-corrected chi connectivity index (χ1v) is 11.8. The lowest BCUT2D eigenvalue weighted by Gasteiger charge is -2.37. The van der Waals surface area contributed by atoms with Gasteiger partial charge in [-0.3, -0.25) is 9.89 Å². The van der Waals surface area contributed by atoms with E-state index in [9.17, 15) is 4.79 Å². The summed E-state index contributed by atoms with van der Waals surface area (Å²) in [4.78, 5) is 15.8. The monoisotopic (exact) mass is 432 g/mol. The average Bonchev–Trinajstić information content (AvgIpc) is 3.53. The number of carbonyl (C=O) groups excluding carboxylic acids is 1. The Bertz CT molecular complexity index is 1060. The molecular weight excluding hydrogens is 400 g/mol. The summed E-state index contributed by atoms with van der Waals surface area (Å²) in [6.07, 6.45) is 9.54. The minimum atomic E-state index is 0.0555. The van der Waals surface area contributed by atoms with E-state index in [2.05, 4.69) is 38.8 Å². The Morgan fingerprint density at radius 2 is 1.97 bits per heavy atom. The van der Waals surface area contributed by atoms with Crippen LogP contribution in [-0.2, 0) is 6.54 Å². The van der Waals surface area contributed by atoms with E-state index in [1.165, 1.54) is 19.3 Å². The number of amides is 1. The number of H-pyrrole nitrogens is 1. The van der Waals surface area contributed by atoms with Crippen LogP contribution in [0.1, 0.15) is 68.1 Å². The molecule has 7 heteroatoms. The highest BCUT2D eigenvalue weighted by atomic mass is 16.2. The van der Waals surface area contributed by atoms with Crippen LogP contribution < -0.4 is 0 Å². The molecule has 5 rings (SSSR count). The van der Waals surface area contributed by atoms with Gasteiger partial charge in [-0.25, -0.2) is 0 Å². The molecule has 1 aromatic carbocycles. The Morgan fingerprint density at radius 3 is 2.72 bits per heavy atom. The number of carbonyl (C=O) groups is 1. The van der Waals surface area contributed by atoms with Crippen molar-refractivity contribution in [3.8, 4) is 11.3 Å². The van der Waals surface area contributed by atoms with Crippen molar-refractivity contribution in [1.29, 1.82) is 0 Å². The van der Waals surface area contributed by atoms with Crippen LogP contribution in [0.25, 0.3) is 11.3 Å². The summed E-state index contributed by atoms with van der Waals surface area (Å²) in [6, 6.07) is 9.96. The number of benzene rings is 1. The van der Waals surface area contributed by atoms with Gasteiger partial charge in [0.15, 0.2) is 0 Å². The first kappa shape index (κ1) is 20.9. The average molecular weight is 433 g/mol. The predicted molar refractivity (Wildman–Crippen MR) is 123 cm³/mol. The van der Waals surface area contributed by atoms with Crippen molar-refractivity contribution in [2.75, 3.05) is 13.1 Å². The quantitative estimate of drug-likeness (QED) is 0.643. The van der Waals surface area contributed by atoms with Gasteiger partial charge in [-0.1, -0.05) is 63.4 Å². The van der Waals surface area contributed by atoms with E-state index >= 15 is 0 Å². The van der Waals surface area contributed by atoms with E-state index < -0.39 is 0 Å². The molecule has 3 heterocycles. The second-order valence-corrected chi connectivity index (χ2v) is 9.92. The van der Waals surface area contributed by atoms with E-state index in [4.69, 9.17) is 0 Å². The van der Waals surface area contributed by atoms with Crippen LogP contribution in [-0.4, -0.2) is 48.9 Å². The standard InChI is InChI=1S/C25H32N6O/c1-18(2)14-31-17-27-29-23(31)21-15-30(16-25(21)11-7-4-8-12-25)24(32)20-13-26-28-22(20)19-9-5-3-6-10-19/h3,5-6,9-10,13,17-18,21H,4,7-8,11-12,14-16H2,1-2H3,(H,26,28). The van der Waals surface area contributed by atoms with Crippen LogP contribution >= 0.6 is 0 Å². The maximum atomic E-state index is 13.7. The predicted octanol–water partition coefficient (Wildman–Crippen LogP) is 4.51. The van der Waals surface area contributed by atoms with Crippen LogP contribution in [0.5, 0.6) is 0 Å². The van der Waals surface area contributed by atoms with Crippen molar-refractivity contribution >= 4 is 5.91 Å². The molecule has 168 valence electrons. The van der Waals surface area contributed by atoms with Crippen LogP contribution in [0.4, 0.5) is 0 Å². The highest BCUT2D eigenvalue weighted by Crippen LogP contribution is 2.52. The molecular formula is C25H32N6O. The first-order valence-electron chi connectivity index (χ1n) is 11.8. The largest absolute Gasteiger partial charge is 0.337 e. The molecule has 1 spiro atoms. The number of likely N-dealkylation sites (tertiary alicyclic amines) is 1. The van der Waals surface area contributed by atoms with E-state index in [1.54, 1.807) is 6.20 Å². The topological polar surface area (TPSA) is 79.7 Å². The third-order valence-electron chi connectivity index (χ3n) is 7.24. The number of hydrogen-bond acceptors (Lipinski definition) is 4. The number of nitrogens with one attached hydrogen (secondary N) is 1. The van der Waals surface area contributed by atoms with E-state index in [0.29, 0.717) is 18.0 Å². The number of aromatic amines is 1. The number of hydrogen-bond donors (Lipinski definition) is 1. The lowest BCUT2D eigenvalue weighted by molar-refractivity contribution is 0.0759. The summed E-state index contributed by atoms with van der Waals surface area (Å²) < 4.78 is 2.22. The third kappa shape index (κ3) is 3.74. The molecule has 2 fully saturated rings. The Morgan fingerprint density at radius 1 is 1.19 bits per heavy atom. The van der Waals surface area contributed by atoms with E-state index in [1.807, 2.05) is 41.6 Å². The Kier molecular flexibility index (Phi) is 5.57. The van der Waals surface area contributed by atoms with Gasteiger partial charge in [-0.15, -0.1) is 10.2 Å². The summed E-state index contributed by atoms with van der Waals surface area (Å²) in [6.45, 7) is 6.81. The zero-order valence-corrected chi connectivity index (χ0v) is 19.0. The normalized spacial score (nSPS) is 20.3. The maximum Gasteiger partial charge on any atom is 0.257 e. The Labute approximate surface area is 189 Å². The SMILES string of the molecule is CC(C)Cn1cnnc1C1CN(C(=O)c2cn[nH]c2-c2ccccc2)CC12CCCCC2.